The molecule has 1 unspecified atom stereocenters. The molecule has 2 aromatic heterocycles. The Bertz CT molecular complexity index is 1080. The van der Waals surface area contributed by atoms with E-state index in [1.54, 1.807) is 12.3 Å². The Hall–Kier alpha value is -3.46. The topological polar surface area (TPSA) is 103 Å². The zero-order valence-electron chi connectivity index (χ0n) is 17.0. The van der Waals surface area contributed by atoms with E-state index >= 15 is 0 Å². The molecule has 0 saturated carbocycles. The molecule has 9 heteroatoms. The van der Waals surface area contributed by atoms with E-state index in [1.807, 2.05) is 50.2 Å². The Morgan fingerprint density at radius 2 is 1.97 bits per heavy atom. The first-order valence-corrected chi connectivity index (χ1v) is 10.5. The standard InChI is InChI=1S/C22H21N3O5S/c1-13(2)30-18-11-14(7-9-23-18)12-29-15-3-5-16(6-4-15)31-17-8-10-28-20(17)19-21(26)25-22(27)24-19/h3-11,13,19H,12H2,1-2H3,(H2,24,25,26,27). The lowest BCUT2D eigenvalue weighted by Crippen LogP contribution is -2.22. The number of carbonyl (C=O) groups excluding carboxylic acids is 2. The predicted molar refractivity (Wildman–Crippen MR) is 113 cm³/mol. The third-order valence-electron chi connectivity index (χ3n) is 4.31. The molecular weight excluding hydrogens is 418 g/mol. The molecule has 1 aliphatic heterocycles. The smallest absolute Gasteiger partial charge is 0.322 e. The van der Waals surface area contributed by atoms with Gasteiger partial charge in [0.15, 0.2) is 6.04 Å². The Kier molecular flexibility index (Phi) is 6.13. The number of aromatic nitrogens is 1. The van der Waals surface area contributed by atoms with Gasteiger partial charge in [0, 0.05) is 17.2 Å². The van der Waals surface area contributed by atoms with Crippen LogP contribution in [0, 0.1) is 0 Å². The summed E-state index contributed by atoms with van der Waals surface area (Å²) in [5.41, 5.74) is 0.962. The van der Waals surface area contributed by atoms with E-state index in [4.69, 9.17) is 13.9 Å². The minimum absolute atomic E-state index is 0.0591. The molecule has 0 radical (unpaired) electrons. The summed E-state index contributed by atoms with van der Waals surface area (Å²) in [5.74, 6) is 1.28. The number of urea groups is 1. The van der Waals surface area contributed by atoms with E-state index in [0.29, 0.717) is 18.2 Å². The van der Waals surface area contributed by atoms with E-state index in [1.165, 1.54) is 18.0 Å². The number of benzene rings is 1. The van der Waals surface area contributed by atoms with Crippen LogP contribution in [0.5, 0.6) is 11.6 Å². The molecule has 1 fully saturated rings. The van der Waals surface area contributed by atoms with Gasteiger partial charge in [-0.1, -0.05) is 11.8 Å². The van der Waals surface area contributed by atoms with Crippen molar-refractivity contribution in [1.29, 1.82) is 0 Å². The van der Waals surface area contributed by atoms with E-state index in [-0.39, 0.29) is 6.10 Å². The van der Waals surface area contributed by atoms with Gasteiger partial charge in [-0.05, 0) is 55.8 Å². The number of imide groups is 1. The van der Waals surface area contributed by atoms with Gasteiger partial charge in [0.2, 0.25) is 5.88 Å². The van der Waals surface area contributed by atoms with Crippen LogP contribution in [0.4, 0.5) is 4.79 Å². The summed E-state index contributed by atoms with van der Waals surface area (Å²) in [6, 6.07) is 11.8. The van der Waals surface area contributed by atoms with Gasteiger partial charge in [-0.25, -0.2) is 9.78 Å². The Morgan fingerprint density at radius 3 is 2.68 bits per heavy atom. The number of amides is 3. The molecule has 3 amide bonds. The van der Waals surface area contributed by atoms with E-state index in [9.17, 15) is 9.59 Å². The van der Waals surface area contributed by atoms with Gasteiger partial charge in [-0.2, -0.15) is 0 Å². The third-order valence-corrected chi connectivity index (χ3v) is 5.37. The van der Waals surface area contributed by atoms with Crippen LogP contribution in [0.3, 0.4) is 0 Å². The minimum Gasteiger partial charge on any atom is -0.489 e. The van der Waals surface area contributed by atoms with Crippen LogP contribution in [-0.2, 0) is 11.4 Å². The summed E-state index contributed by atoms with van der Waals surface area (Å²) in [4.78, 5) is 29.2. The zero-order valence-corrected chi connectivity index (χ0v) is 17.8. The quantitative estimate of drug-likeness (QED) is 0.510. The summed E-state index contributed by atoms with van der Waals surface area (Å²) >= 11 is 1.44. The van der Waals surface area contributed by atoms with Crippen LogP contribution >= 0.6 is 11.8 Å². The minimum atomic E-state index is -0.822. The van der Waals surface area contributed by atoms with Crippen molar-refractivity contribution in [2.45, 2.75) is 42.4 Å². The second-order valence-electron chi connectivity index (χ2n) is 7.08. The highest BCUT2D eigenvalue weighted by atomic mass is 32.2. The zero-order chi connectivity index (χ0) is 21.8. The average molecular weight is 439 g/mol. The van der Waals surface area contributed by atoms with Gasteiger partial charge in [0.25, 0.3) is 5.91 Å². The summed E-state index contributed by atoms with van der Waals surface area (Å²) in [7, 11) is 0. The van der Waals surface area contributed by atoms with Crippen molar-refractivity contribution in [1.82, 2.24) is 15.6 Å². The Morgan fingerprint density at radius 1 is 1.16 bits per heavy atom. The molecule has 1 atom stereocenters. The number of furan rings is 1. The van der Waals surface area contributed by atoms with Crippen LogP contribution in [0.25, 0.3) is 0 Å². The number of hydrogen-bond donors (Lipinski definition) is 2. The van der Waals surface area contributed by atoms with E-state index in [0.717, 1.165) is 21.1 Å². The summed E-state index contributed by atoms with van der Waals surface area (Å²) in [6.45, 7) is 4.30. The lowest BCUT2D eigenvalue weighted by atomic mass is 10.2. The molecule has 31 heavy (non-hydrogen) atoms. The summed E-state index contributed by atoms with van der Waals surface area (Å²) in [6.07, 6.45) is 3.26. The largest absolute Gasteiger partial charge is 0.489 e. The number of carbonyl (C=O) groups is 2. The molecule has 2 N–H and O–H groups in total. The molecule has 0 bridgehead atoms. The predicted octanol–water partition coefficient (Wildman–Crippen LogP) is 4.07. The van der Waals surface area contributed by atoms with Crippen molar-refractivity contribution < 1.29 is 23.5 Å². The highest BCUT2D eigenvalue weighted by molar-refractivity contribution is 7.99. The SMILES string of the molecule is CC(C)Oc1cc(COc2ccc(Sc3ccoc3C3NC(=O)NC3=O)cc2)ccn1. The fraction of sp³-hybridized carbons (Fsp3) is 0.227. The van der Waals surface area contributed by atoms with E-state index in [2.05, 4.69) is 15.6 Å². The molecule has 3 heterocycles. The van der Waals surface area contributed by atoms with Crippen LogP contribution in [0.15, 0.2) is 69.1 Å². The molecule has 3 aromatic rings. The van der Waals surface area contributed by atoms with Gasteiger partial charge in [0.1, 0.15) is 18.1 Å². The van der Waals surface area contributed by atoms with Gasteiger partial charge in [0.05, 0.1) is 17.3 Å². The molecule has 0 aliphatic carbocycles. The molecule has 160 valence electrons. The number of rotatable bonds is 8. The lowest BCUT2D eigenvalue weighted by Gasteiger charge is -2.11. The second-order valence-corrected chi connectivity index (χ2v) is 8.19. The van der Waals surface area contributed by atoms with E-state index < -0.39 is 18.0 Å². The average Bonchev–Trinajstić information content (AvgIpc) is 3.32. The monoisotopic (exact) mass is 439 g/mol. The first-order chi connectivity index (χ1) is 15.0. The number of nitrogens with one attached hydrogen (secondary N) is 2. The van der Waals surface area contributed by atoms with Crippen LogP contribution in [0.1, 0.15) is 31.2 Å². The van der Waals surface area contributed by atoms with Gasteiger partial charge < -0.3 is 19.2 Å². The molecule has 0 spiro atoms. The highest BCUT2D eigenvalue weighted by Gasteiger charge is 2.35. The fourth-order valence-electron chi connectivity index (χ4n) is 2.95. The first kappa shape index (κ1) is 20.8. The number of ether oxygens (including phenoxy) is 2. The maximum absolute atomic E-state index is 11.9. The lowest BCUT2D eigenvalue weighted by molar-refractivity contribution is -0.120. The van der Waals surface area contributed by atoms with Crippen molar-refractivity contribution in [3.63, 3.8) is 0 Å². The number of pyridine rings is 1. The maximum Gasteiger partial charge on any atom is 0.322 e. The van der Waals surface area contributed by atoms with Gasteiger partial charge in [-0.3, -0.25) is 10.1 Å². The second kappa shape index (κ2) is 9.13. The molecule has 8 nitrogen and oxygen atoms in total. The third kappa shape index (κ3) is 5.18. The molecule has 4 rings (SSSR count). The van der Waals surface area contributed by atoms with Crippen LogP contribution < -0.4 is 20.1 Å². The Labute approximate surface area is 183 Å². The van der Waals surface area contributed by atoms with Crippen LogP contribution in [-0.4, -0.2) is 23.0 Å². The molecule has 1 aliphatic rings. The first-order valence-electron chi connectivity index (χ1n) is 9.69. The van der Waals surface area contributed by atoms with Crippen molar-refractivity contribution in [2.75, 3.05) is 0 Å². The van der Waals surface area contributed by atoms with Crippen molar-refractivity contribution >= 4 is 23.7 Å². The van der Waals surface area contributed by atoms with Crippen molar-refractivity contribution in [3.05, 3.63) is 66.2 Å². The van der Waals surface area contributed by atoms with Gasteiger partial charge in [-0.15, -0.1) is 0 Å². The molecule has 1 saturated heterocycles. The fourth-order valence-corrected chi connectivity index (χ4v) is 3.87. The van der Waals surface area contributed by atoms with Crippen molar-refractivity contribution in [3.8, 4) is 11.6 Å². The summed E-state index contributed by atoms with van der Waals surface area (Å²) in [5, 5.41) is 4.75. The number of hydrogen-bond acceptors (Lipinski definition) is 7. The molecular formula is C22H21N3O5S. The maximum atomic E-state index is 11.9. The summed E-state index contributed by atoms with van der Waals surface area (Å²) < 4.78 is 16.9. The van der Waals surface area contributed by atoms with Crippen molar-refractivity contribution in [2.24, 2.45) is 0 Å². The van der Waals surface area contributed by atoms with Gasteiger partial charge >= 0.3 is 6.03 Å². The Balaban J connectivity index is 1.37. The normalized spacial score (nSPS) is 15.6. The molecule has 1 aromatic carbocycles. The highest BCUT2D eigenvalue weighted by Crippen LogP contribution is 2.35. The van der Waals surface area contributed by atoms with Crippen LogP contribution in [0.2, 0.25) is 0 Å². The number of nitrogens with zero attached hydrogens (tertiary/aromatic N) is 1.